The summed E-state index contributed by atoms with van der Waals surface area (Å²) in [5.41, 5.74) is 5.69. The van der Waals surface area contributed by atoms with Crippen molar-refractivity contribution in [2.45, 2.75) is 48.8 Å². The number of nitrogens with one attached hydrogen (secondary N) is 1. The second kappa shape index (κ2) is 12.5. The summed E-state index contributed by atoms with van der Waals surface area (Å²) in [6.07, 6.45) is 7.44. The molecule has 2 aromatic rings. The molecule has 1 saturated carbocycles. The van der Waals surface area contributed by atoms with Gasteiger partial charge in [-0.2, -0.15) is 0 Å². The van der Waals surface area contributed by atoms with Gasteiger partial charge in [0.15, 0.2) is 28.9 Å². The monoisotopic (exact) mass is 686 g/mol. The summed E-state index contributed by atoms with van der Waals surface area (Å²) in [5, 5.41) is 18.5. The lowest BCUT2D eigenvalue weighted by molar-refractivity contribution is -0.671. The molecule has 2 aliphatic heterocycles. The first kappa shape index (κ1) is 29.1. The molecule has 0 radical (unpaired) electrons. The fourth-order valence-electron chi connectivity index (χ4n) is 4.53. The number of nitrogens with zero attached hydrogens (tertiary/aromatic N) is 4. The van der Waals surface area contributed by atoms with Crippen LogP contribution in [0.3, 0.4) is 0 Å². The van der Waals surface area contributed by atoms with Crippen molar-refractivity contribution in [3.63, 3.8) is 0 Å². The van der Waals surface area contributed by atoms with Gasteiger partial charge in [-0.1, -0.05) is 5.16 Å². The number of aryl methyl sites for hydroxylation is 1. The first-order valence-corrected chi connectivity index (χ1v) is 13.9. The zero-order valence-electron chi connectivity index (χ0n) is 20.9. The van der Waals surface area contributed by atoms with Gasteiger partial charge in [-0.3, -0.25) is 14.5 Å². The van der Waals surface area contributed by atoms with Crippen LogP contribution in [0.25, 0.3) is 0 Å². The standard InChI is InChI=1S/C24H26N6O6S2.HI/c1-29-8-6-14(7-9-29)37-12-17-20(23(33)34)30-16(10-35-17)19(22(30)32)27-21(31)18(15-11-38-24(25)26-15)28-36-13-4-2-3-5-13;/h6-9,11,13,16,19H,2-5,10,12H2,1H3,(H3-,25,26,27,31,33,34);1H/b28-18-;. The van der Waals surface area contributed by atoms with Crippen molar-refractivity contribution in [1.82, 2.24) is 15.2 Å². The summed E-state index contributed by atoms with van der Waals surface area (Å²) < 4.78 is 7.69. The summed E-state index contributed by atoms with van der Waals surface area (Å²) in [6, 6.07) is 2.17. The molecule has 1 aliphatic carbocycles. The van der Waals surface area contributed by atoms with Crippen LogP contribution >= 0.6 is 23.1 Å². The minimum Gasteiger partial charge on any atom is -1.00 e. The van der Waals surface area contributed by atoms with Crippen LogP contribution < -0.4 is 39.6 Å². The molecule has 2 amide bonds. The van der Waals surface area contributed by atoms with E-state index in [1.807, 2.05) is 36.1 Å². The van der Waals surface area contributed by atoms with Crippen molar-refractivity contribution in [2.24, 2.45) is 12.2 Å². The van der Waals surface area contributed by atoms with Crippen LogP contribution in [-0.2, 0) is 31.0 Å². The fourth-order valence-corrected chi connectivity index (χ4v) is 5.91. The van der Waals surface area contributed by atoms with Gasteiger partial charge in [0.05, 0.1) is 5.75 Å². The lowest BCUT2D eigenvalue weighted by Crippen LogP contribution is -3.00. The van der Waals surface area contributed by atoms with E-state index >= 15 is 0 Å². The normalized spacial score (nSPS) is 21.0. The minimum atomic E-state index is -1.27. The molecule has 0 spiro atoms. The lowest BCUT2D eigenvalue weighted by atomic mass is 9.92. The van der Waals surface area contributed by atoms with Crippen LogP contribution in [0.2, 0.25) is 0 Å². The Hall–Kier alpha value is -2.92. The third-order valence-corrected chi connectivity index (χ3v) is 8.22. The van der Waals surface area contributed by atoms with Crippen molar-refractivity contribution >= 4 is 51.7 Å². The van der Waals surface area contributed by atoms with Gasteiger partial charge in [0.25, 0.3) is 11.8 Å². The summed E-state index contributed by atoms with van der Waals surface area (Å²) in [4.78, 5) is 50.2. The third kappa shape index (κ3) is 6.30. The van der Waals surface area contributed by atoms with Gasteiger partial charge in [-0.15, -0.1) is 23.1 Å². The van der Waals surface area contributed by atoms with Gasteiger partial charge in [-0.25, -0.2) is 14.3 Å². The highest BCUT2D eigenvalue weighted by molar-refractivity contribution is 7.99. The number of thiazole rings is 1. The van der Waals surface area contributed by atoms with Gasteiger partial charge >= 0.3 is 5.97 Å². The number of fused-ring (bicyclic) bond motifs is 1. The van der Waals surface area contributed by atoms with E-state index in [1.54, 1.807) is 5.38 Å². The third-order valence-electron chi connectivity index (χ3n) is 6.54. The number of β-lactam (4-membered cyclic amide) rings is 1. The SMILES string of the molecule is C[n+]1ccc(SCC2=C(C(=O)O)N3C(=O)C(NC(=O)/C(=N\OC4CCCC4)c4csc(N)n4)C3CO2)cc1.[I-]. The van der Waals surface area contributed by atoms with Crippen LogP contribution in [0.5, 0.6) is 0 Å². The molecule has 15 heteroatoms. The number of nitrogen functional groups attached to an aromatic ring is 1. The van der Waals surface area contributed by atoms with Gasteiger partial charge in [0.2, 0.25) is 0 Å². The van der Waals surface area contributed by atoms with E-state index in [4.69, 9.17) is 15.3 Å². The molecule has 3 aliphatic rings. The Labute approximate surface area is 249 Å². The topological polar surface area (TPSA) is 160 Å². The van der Waals surface area contributed by atoms with E-state index in [0.717, 1.165) is 41.9 Å². The smallest absolute Gasteiger partial charge is 0.356 e. The number of carbonyl (C=O) groups is 3. The number of halogens is 1. The average molecular weight is 687 g/mol. The molecular formula is C24H27IN6O6S2. The Balaban J connectivity index is 0.00000353. The number of aromatic nitrogens is 2. The Morgan fingerprint density at radius 3 is 2.72 bits per heavy atom. The summed E-state index contributed by atoms with van der Waals surface area (Å²) in [5.74, 6) is -2.02. The first-order chi connectivity index (χ1) is 18.3. The number of hydrogen-bond donors (Lipinski definition) is 3. The average Bonchev–Trinajstić information content (AvgIpc) is 3.58. The molecule has 2 fully saturated rings. The van der Waals surface area contributed by atoms with Gasteiger partial charge in [0, 0.05) is 22.4 Å². The van der Waals surface area contributed by atoms with Crippen LogP contribution in [0.1, 0.15) is 31.4 Å². The number of amides is 2. The number of anilines is 1. The highest BCUT2D eigenvalue weighted by Crippen LogP contribution is 2.35. The lowest BCUT2D eigenvalue weighted by Gasteiger charge is -2.49. The molecule has 4 N–H and O–H groups in total. The summed E-state index contributed by atoms with van der Waals surface area (Å²) in [7, 11) is 1.90. The molecule has 4 heterocycles. The number of nitrogens with two attached hydrogens (primary N) is 1. The molecule has 2 atom stereocenters. The number of aliphatic carboxylic acids is 1. The molecular weight excluding hydrogens is 659 g/mol. The van der Waals surface area contributed by atoms with Crippen LogP contribution in [0, 0.1) is 0 Å². The van der Waals surface area contributed by atoms with Crippen molar-refractivity contribution in [3.05, 3.63) is 47.1 Å². The largest absolute Gasteiger partial charge is 1.00 e. The van der Waals surface area contributed by atoms with Crippen molar-refractivity contribution in [3.8, 4) is 0 Å². The second-order valence-electron chi connectivity index (χ2n) is 9.13. The number of carboxylic acids is 1. The highest BCUT2D eigenvalue weighted by Gasteiger charge is 2.55. The van der Waals surface area contributed by atoms with E-state index in [9.17, 15) is 19.5 Å². The molecule has 2 aromatic heterocycles. The van der Waals surface area contributed by atoms with Crippen molar-refractivity contribution in [1.29, 1.82) is 0 Å². The Morgan fingerprint density at radius 2 is 2.08 bits per heavy atom. The predicted octanol–water partition coefficient (Wildman–Crippen LogP) is -1.97. The minimum absolute atomic E-state index is 0. The number of hydrogen-bond acceptors (Lipinski definition) is 10. The zero-order valence-corrected chi connectivity index (χ0v) is 24.7. The van der Waals surface area contributed by atoms with E-state index in [2.05, 4.69) is 15.5 Å². The van der Waals surface area contributed by atoms with E-state index in [-0.39, 0.29) is 70.4 Å². The molecule has 39 heavy (non-hydrogen) atoms. The molecule has 5 rings (SSSR count). The summed E-state index contributed by atoms with van der Waals surface area (Å²) in [6.45, 7) is 0.0435. The maximum Gasteiger partial charge on any atom is 0.356 e. The number of oxime groups is 1. The molecule has 1 saturated heterocycles. The van der Waals surface area contributed by atoms with E-state index in [0.29, 0.717) is 0 Å². The number of thioether (sulfide) groups is 1. The number of ether oxygens (including phenoxy) is 1. The molecule has 0 bridgehead atoms. The maximum atomic E-state index is 13.2. The predicted molar refractivity (Wildman–Crippen MR) is 138 cm³/mol. The first-order valence-electron chi connectivity index (χ1n) is 12.1. The van der Waals surface area contributed by atoms with E-state index in [1.165, 1.54) is 16.7 Å². The summed E-state index contributed by atoms with van der Waals surface area (Å²) >= 11 is 2.56. The van der Waals surface area contributed by atoms with E-state index < -0.39 is 29.9 Å². The van der Waals surface area contributed by atoms with Gasteiger partial charge in [0.1, 0.15) is 43.3 Å². The Bertz CT molecular complexity index is 1310. The molecule has 208 valence electrons. The molecule has 2 unspecified atom stereocenters. The number of carboxylic acid groups (broad SMARTS) is 1. The maximum absolute atomic E-state index is 13.2. The number of carbonyl (C=O) groups excluding carboxylic acids is 2. The Morgan fingerprint density at radius 1 is 1.36 bits per heavy atom. The van der Waals surface area contributed by atoms with Crippen molar-refractivity contribution in [2.75, 3.05) is 18.1 Å². The number of pyridine rings is 1. The van der Waals surface area contributed by atoms with Crippen LogP contribution in [0.4, 0.5) is 5.13 Å². The second-order valence-corrected chi connectivity index (χ2v) is 11.1. The fraction of sp³-hybridized carbons (Fsp3) is 0.417. The zero-order chi connectivity index (χ0) is 26.8. The van der Waals surface area contributed by atoms with Crippen molar-refractivity contribution < 1.29 is 57.6 Å². The molecule has 12 nitrogen and oxygen atoms in total. The Kier molecular flexibility index (Phi) is 9.32. The van der Waals surface area contributed by atoms with Crippen LogP contribution in [-0.4, -0.2) is 69.0 Å². The quantitative estimate of drug-likeness (QED) is 0.0680. The van der Waals surface area contributed by atoms with Gasteiger partial charge in [-0.05, 0) is 25.7 Å². The molecule has 0 aromatic carbocycles. The van der Waals surface area contributed by atoms with Gasteiger partial charge < -0.3 is 49.7 Å². The highest BCUT2D eigenvalue weighted by atomic mass is 127. The van der Waals surface area contributed by atoms with Crippen LogP contribution in [0.15, 0.2) is 51.4 Å². The number of rotatable bonds is 9.